The molecule has 0 spiro atoms. The average Bonchev–Trinajstić information content (AvgIpc) is 1.81. The summed E-state index contributed by atoms with van der Waals surface area (Å²) >= 11 is 0. The maximum Gasteiger partial charge on any atom is 1.00 e. The SMILES string of the molecule is [C-]#N.[CH2-]C.[CH2-]C.[Cu+].[Li+].[Li+]. The molecular formula is C5H10CuLi2N. The molecule has 0 N–H and O–H groups in total. The summed E-state index contributed by atoms with van der Waals surface area (Å²) in [6.45, 7) is 14.8. The first kappa shape index (κ1) is 48.9. The summed E-state index contributed by atoms with van der Waals surface area (Å²) in [5.74, 6) is 0. The minimum atomic E-state index is 0. The van der Waals surface area contributed by atoms with Gasteiger partial charge in [-0.2, -0.15) is 13.8 Å². The molecule has 0 aromatic heterocycles. The average molecular weight is 162 g/mol. The summed E-state index contributed by atoms with van der Waals surface area (Å²) in [6.07, 6.45) is 0. The summed E-state index contributed by atoms with van der Waals surface area (Å²) in [5.41, 5.74) is 0. The van der Waals surface area contributed by atoms with Crippen molar-refractivity contribution in [3.63, 3.8) is 0 Å². The maximum atomic E-state index is 6.25. The molecule has 0 aromatic rings. The van der Waals surface area contributed by atoms with E-state index in [0.717, 1.165) is 0 Å². The van der Waals surface area contributed by atoms with Crippen molar-refractivity contribution in [3.8, 4) is 0 Å². The number of nitrogens with zero attached hydrogens (tertiary/aromatic N) is 1. The quantitative estimate of drug-likeness (QED) is 0.261. The zero-order chi connectivity index (χ0) is 6.00. The van der Waals surface area contributed by atoms with E-state index in [4.69, 9.17) is 11.8 Å². The van der Waals surface area contributed by atoms with Gasteiger partial charge in [0.25, 0.3) is 0 Å². The van der Waals surface area contributed by atoms with Crippen LogP contribution in [0, 0.1) is 25.7 Å². The van der Waals surface area contributed by atoms with Crippen molar-refractivity contribution in [3.05, 3.63) is 20.4 Å². The first-order valence-corrected chi connectivity index (χ1v) is 1.64. The Balaban J connectivity index is -0.00000000321. The third-order valence-electron chi connectivity index (χ3n) is 0. The van der Waals surface area contributed by atoms with Crippen LogP contribution in [-0.2, 0) is 17.1 Å². The molecule has 0 aliphatic rings. The monoisotopic (exact) mass is 161 g/mol. The predicted molar refractivity (Wildman–Crippen MR) is 27.0 cm³/mol. The van der Waals surface area contributed by atoms with E-state index in [0.29, 0.717) is 0 Å². The molecule has 0 bridgehead atoms. The molecular weight excluding hydrogens is 151 g/mol. The van der Waals surface area contributed by atoms with Crippen LogP contribution in [0.2, 0.25) is 0 Å². The molecule has 0 aliphatic heterocycles. The minimum absolute atomic E-state index is 0. The molecule has 0 saturated carbocycles. The van der Waals surface area contributed by atoms with Gasteiger partial charge < -0.3 is 25.7 Å². The van der Waals surface area contributed by atoms with Gasteiger partial charge in [0.2, 0.25) is 0 Å². The van der Waals surface area contributed by atoms with Gasteiger partial charge in [-0.1, -0.05) is 0 Å². The Hall–Kier alpha value is 1.20. The van der Waals surface area contributed by atoms with Crippen LogP contribution in [0.25, 0.3) is 0 Å². The van der Waals surface area contributed by atoms with Crippen LogP contribution in [-0.4, -0.2) is 0 Å². The third-order valence-corrected chi connectivity index (χ3v) is 0. The van der Waals surface area contributed by atoms with Crippen molar-refractivity contribution < 1.29 is 54.8 Å². The van der Waals surface area contributed by atoms with E-state index < -0.39 is 0 Å². The zero-order valence-electron chi connectivity index (χ0n) is 6.66. The third kappa shape index (κ3) is 329. The van der Waals surface area contributed by atoms with Crippen molar-refractivity contribution >= 4 is 0 Å². The van der Waals surface area contributed by atoms with Gasteiger partial charge in [0.05, 0.1) is 0 Å². The van der Waals surface area contributed by atoms with E-state index in [1.807, 2.05) is 0 Å². The molecule has 1 nitrogen and oxygen atoms in total. The van der Waals surface area contributed by atoms with Gasteiger partial charge in [-0.15, -0.1) is 0 Å². The topological polar surface area (TPSA) is 23.8 Å². The van der Waals surface area contributed by atoms with Crippen LogP contribution >= 0.6 is 0 Å². The first-order valence-electron chi connectivity index (χ1n) is 1.64. The summed E-state index contributed by atoms with van der Waals surface area (Å²) in [7, 11) is 0. The zero-order valence-corrected chi connectivity index (χ0v) is 7.60. The van der Waals surface area contributed by atoms with Crippen LogP contribution in [0.4, 0.5) is 0 Å². The van der Waals surface area contributed by atoms with E-state index >= 15 is 0 Å². The molecule has 0 aromatic carbocycles. The fourth-order valence-corrected chi connectivity index (χ4v) is 0. The molecule has 0 unspecified atom stereocenters. The van der Waals surface area contributed by atoms with Crippen LogP contribution < -0.4 is 37.7 Å². The molecule has 0 rings (SSSR count). The van der Waals surface area contributed by atoms with Crippen LogP contribution in [0.3, 0.4) is 0 Å². The summed E-state index contributed by atoms with van der Waals surface area (Å²) in [4.78, 5) is 0. The molecule has 0 amide bonds. The normalized spacial score (nSPS) is 1.56. The van der Waals surface area contributed by atoms with Crippen LogP contribution in [0.15, 0.2) is 0 Å². The van der Waals surface area contributed by atoms with E-state index in [2.05, 4.69) is 13.8 Å². The molecule has 9 heavy (non-hydrogen) atoms. The first-order chi connectivity index (χ1) is 3.00. The Morgan fingerprint density at radius 2 is 0.889 bits per heavy atom. The molecule has 48 valence electrons. The second-order valence-electron chi connectivity index (χ2n) is 0. The molecule has 0 saturated heterocycles. The van der Waals surface area contributed by atoms with Gasteiger partial charge in [0, 0.05) is 0 Å². The van der Waals surface area contributed by atoms with E-state index in [9.17, 15) is 0 Å². The Labute approximate surface area is 93.8 Å². The predicted octanol–water partition coefficient (Wildman–Crippen LogP) is -4.22. The molecule has 0 atom stereocenters. The Morgan fingerprint density at radius 3 is 0.889 bits per heavy atom. The van der Waals surface area contributed by atoms with Crippen molar-refractivity contribution in [2.24, 2.45) is 0 Å². The smallest absolute Gasteiger partial charge is 0.512 e. The largest absolute Gasteiger partial charge is 1.00 e. The van der Waals surface area contributed by atoms with Gasteiger partial charge in [0.15, 0.2) is 0 Å². The minimum Gasteiger partial charge on any atom is -0.512 e. The van der Waals surface area contributed by atoms with Crippen LogP contribution in [0.1, 0.15) is 13.8 Å². The summed E-state index contributed by atoms with van der Waals surface area (Å²) < 4.78 is 0. The Kier molecular flexibility index (Phi) is 2320. The standard InChI is InChI=1S/2C2H5.CN.Cu.2Li/c3*1-2;;;/h2*1H2,2H3;;;;/q3*-1;3*+1. The second kappa shape index (κ2) is 427. The van der Waals surface area contributed by atoms with Gasteiger partial charge in [-0.25, -0.2) is 0 Å². The number of hydrogen-bond donors (Lipinski definition) is 0. The van der Waals surface area contributed by atoms with Gasteiger partial charge in [-0.05, 0) is 0 Å². The Morgan fingerprint density at radius 1 is 0.889 bits per heavy atom. The molecule has 0 aliphatic carbocycles. The molecule has 4 heteroatoms. The van der Waals surface area contributed by atoms with Crippen molar-refractivity contribution in [2.45, 2.75) is 13.8 Å². The van der Waals surface area contributed by atoms with Crippen molar-refractivity contribution in [1.29, 1.82) is 5.26 Å². The van der Waals surface area contributed by atoms with E-state index in [-0.39, 0.29) is 54.8 Å². The summed E-state index contributed by atoms with van der Waals surface area (Å²) in [5, 5.41) is 6.25. The number of rotatable bonds is 0. The van der Waals surface area contributed by atoms with Crippen LogP contribution in [0.5, 0.6) is 0 Å². The van der Waals surface area contributed by atoms with Gasteiger partial charge >= 0.3 is 54.8 Å². The second-order valence-corrected chi connectivity index (χ2v) is 0. The fraction of sp³-hybridized carbons (Fsp3) is 0.400. The van der Waals surface area contributed by atoms with Crippen molar-refractivity contribution in [1.82, 2.24) is 0 Å². The van der Waals surface area contributed by atoms with E-state index in [1.165, 1.54) is 0 Å². The molecule has 0 fully saturated rings. The Bertz CT molecular complexity index is 19.7. The maximum absolute atomic E-state index is 6.25. The summed E-state index contributed by atoms with van der Waals surface area (Å²) in [6, 6.07) is 0. The molecule has 0 heterocycles. The number of hydrogen-bond acceptors (Lipinski definition) is 1. The fourth-order valence-electron chi connectivity index (χ4n) is 0. The van der Waals surface area contributed by atoms with Gasteiger partial charge in [-0.3, -0.25) is 0 Å². The molecule has 0 radical (unpaired) electrons. The van der Waals surface area contributed by atoms with E-state index in [1.54, 1.807) is 13.8 Å². The van der Waals surface area contributed by atoms with Crippen molar-refractivity contribution in [2.75, 3.05) is 0 Å². The van der Waals surface area contributed by atoms with Gasteiger partial charge in [0.1, 0.15) is 0 Å².